The van der Waals surface area contributed by atoms with Gasteiger partial charge in [0.25, 0.3) is 0 Å². The molecule has 13 heavy (non-hydrogen) atoms. The lowest BCUT2D eigenvalue weighted by Gasteiger charge is -2.31. The third-order valence-electron chi connectivity index (χ3n) is 2.32. The van der Waals surface area contributed by atoms with E-state index < -0.39 is 5.60 Å². The van der Waals surface area contributed by atoms with Gasteiger partial charge >= 0.3 is 5.97 Å². The molecule has 1 heterocycles. The van der Waals surface area contributed by atoms with Crippen LogP contribution in [0.2, 0.25) is 0 Å². The van der Waals surface area contributed by atoms with Crippen molar-refractivity contribution in [2.45, 2.75) is 38.7 Å². The van der Waals surface area contributed by atoms with E-state index in [1.54, 1.807) is 13.2 Å². The van der Waals surface area contributed by atoms with Gasteiger partial charge in [-0.15, -0.1) is 0 Å². The molecule has 0 saturated heterocycles. The van der Waals surface area contributed by atoms with Crippen molar-refractivity contribution in [3.05, 3.63) is 12.3 Å². The van der Waals surface area contributed by atoms with Gasteiger partial charge in [0.1, 0.15) is 0 Å². The molecule has 0 aromatic carbocycles. The average molecular weight is 184 g/mol. The minimum absolute atomic E-state index is 0.234. The van der Waals surface area contributed by atoms with Crippen LogP contribution < -0.4 is 0 Å². The highest BCUT2D eigenvalue weighted by atomic mass is 16.6. The van der Waals surface area contributed by atoms with Crippen LogP contribution in [-0.4, -0.2) is 18.2 Å². The maximum Gasteiger partial charge on any atom is 0.350 e. The SMILES string of the molecule is CCOC(=O)[C@]1(CC)CCC=CO1. The van der Waals surface area contributed by atoms with Crippen molar-refractivity contribution in [1.82, 2.24) is 0 Å². The van der Waals surface area contributed by atoms with Crippen molar-refractivity contribution in [1.29, 1.82) is 0 Å². The Morgan fingerprint density at radius 3 is 2.85 bits per heavy atom. The van der Waals surface area contributed by atoms with E-state index in [9.17, 15) is 4.79 Å². The first-order valence-corrected chi connectivity index (χ1v) is 4.75. The Morgan fingerprint density at radius 2 is 2.38 bits per heavy atom. The van der Waals surface area contributed by atoms with Gasteiger partial charge in [0, 0.05) is 6.42 Å². The number of hydrogen-bond donors (Lipinski definition) is 0. The van der Waals surface area contributed by atoms with E-state index in [0.717, 1.165) is 12.8 Å². The van der Waals surface area contributed by atoms with Crippen molar-refractivity contribution in [3.63, 3.8) is 0 Å². The third kappa shape index (κ3) is 2.02. The summed E-state index contributed by atoms with van der Waals surface area (Å²) in [6, 6.07) is 0. The normalized spacial score (nSPS) is 26.6. The van der Waals surface area contributed by atoms with E-state index in [-0.39, 0.29) is 5.97 Å². The second-order valence-corrected chi connectivity index (χ2v) is 3.10. The fraction of sp³-hybridized carbons (Fsp3) is 0.700. The number of hydrogen-bond acceptors (Lipinski definition) is 3. The first-order valence-electron chi connectivity index (χ1n) is 4.75. The topological polar surface area (TPSA) is 35.5 Å². The summed E-state index contributed by atoms with van der Waals surface area (Å²) in [7, 11) is 0. The molecule has 1 rings (SSSR count). The predicted molar refractivity (Wildman–Crippen MR) is 49.1 cm³/mol. The number of rotatable bonds is 3. The van der Waals surface area contributed by atoms with Crippen LogP contribution in [0, 0.1) is 0 Å². The molecule has 1 aliphatic heterocycles. The zero-order valence-electron chi connectivity index (χ0n) is 8.21. The summed E-state index contributed by atoms with van der Waals surface area (Å²) < 4.78 is 10.4. The molecule has 0 N–H and O–H groups in total. The summed E-state index contributed by atoms with van der Waals surface area (Å²) in [5, 5.41) is 0. The van der Waals surface area contributed by atoms with Crippen LogP contribution in [0.15, 0.2) is 12.3 Å². The van der Waals surface area contributed by atoms with Gasteiger partial charge in [-0.2, -0.15) is 0 Å². The minimum Gasteiger partial charge on any atom is -0.484 e. The predicted octanol–water partition coefficient (Wildman–Crippen LogP) is 2.02. The molecule has 1 atom stereocenters. The molecule has 0 bridgehead atoms. The fourth-order valence-electron chi connectivity index (χ4n) is 1.44. The molecule has 3 heteroatoms. The molecule has 0 fully saturated rings. The van der Waals surface area contributed by atoms with Gasteiger partial charge in [-0.1, -0.05) is 6.92 Å². The maximum absolute atomic E-state index is 11.6. The largest absolute Gasteiger partial charge is 0.484 e. The van der Waals surface area contributed by atoms with Gasteiger partial charge in [0.2, 0.25) is 5.60 Å². The molecular weight excluding hydrogens is 168 g/mol. The summed E-state index contributed by atoms with van der Waals surface area (Å²) >= 11 is 0. The van der Waals surface area contributed by atoms with Crippen molar-refractivity contribution >= 4 is 5.97 Å². The molecule has 3 nitrogen and oxygen atoms in total. The summed E-state index contributed by atoms with van der Waals surface area (Å²) in [6.07, 6.45) is 5.79. The Kier molecular flexibility index (Phi) is 3.34. The Labute approximate surface area is 78.7 Å². The summed E-state index contributed by atoms with van der Waals surface area (Å²) in [5.74, 6) is -0.234. The Bertz CT molecular complexity index is 210. The van der Waals surface area contributed by atoms with Crippen LogP contribution in [0.3, 0.4) is 0 Å². The summed E-state index contributed by atoms with van der Waals surface area (Å²) in [6.45, 7) is 4.16. The highest BCUT2D eigenvalue weighted by molar-refractivity contribution is 5.79. The molecular formula is C10H16O3. The lowest BCUT2D eigenvalue weighted by molar-refractivity contribution is -0.167. The lowest BCUT2D eigenvalue weighted by Crippen LogP contribution is -2.42. The molecule has 0 saturated carbocycles. The number of ether oxygens (including phenoxy) is 2. The zero-order valence-corrected chi connectivity index (χ0v) is 8.21. The molecule has 0 aromatic heterocycles. The van der Waals surface area contributed by atoms with Gasteiger partial charge in [-0.3, -0.25) is 0 Å². The number of allylic oxidation sites excluding steroid dienone is 1. The van der Waals surface area contributed by atoms with Gasteiger partial charge in [0.15, 0.2) is 0 Å². The standard InChI is InChI=1S/C10H16O3/c1-3-10(9(11)12-4-2)7-5-6-8-13-10/h6,8H,3-5,7H2,1-2H3/t10-/m0/s1. The number of esters is 1. The van der Waals surface area contributed by atoms with Gasteiger partial charge in [0.05, 0.1) is 12.9 Å². The van der Waals surface area contributed by atoms with Gasteiger partial charge < -0.3 is 9.47 Å². The van der Waals surface area contributed by atoms with Crippen LogP contribution >= 0.6 is 0 Å². The molecule has 0 unspecified atom stereocenters. The Morgan fingerprint density at radius 1 is 1.62 bits per heavy atom. The smallest absolute Gasteiger partial charge is 0.350 e. The van der Waals surface area contributed by atoms with E-state index >= 15 is 0 Å². The minimum atomic E-state index is -0.717. The van der Waals surface area contributed by atoms with E-state index in [1.807, 2.05) is 13.0 Å². The van der Waals surface area contributed by atoms with Crippen LogP contribution in [0.25, 0.3) is 0 Å². The molecule has 0 amide bonds. The number of carbonyl (C=O) groups excluding carboxylic acids is 1. The van der Waals surface area contributed by atoms with Crippen LogP contribution in [0.5, 0.6) is 0 Å². The lowest BCUT2D eigenvalue weighted by atomic mass is 9.93. The second kappa shape index (κ2) is 4.30. The summed E-state index contributed by atoms with van der Waals surface area (Å²) in [4.78, 5) is 11.6. The van der Waals surface area contributed by atoms with Crippen LogP contribution in [-0.2, 0) is 14.3 Å². The monoisotopic (exact) mass is 184 g/mol. The Hall–Kier alpha value is -0.990. The van der Waals surface area contributed by atoms with Crippen LogP contribution in [0.4, 0.5) is 0 Å². The van der Waals surface area contributed by atoms with Crippen molar-refractivity contribution < 1.29 is 14.3 Å². The quantitative estimate of drug-likeness (QED) is 0.629. The molecule has 0 spiro atoms. The number of carbonyl (C=O) groups is 1. The van der Waals surface area contributed by atoms with Crippen molar-refractivity contribution in [3.8, 4) is 0 Å². The Balaban J connectivity index is 2.68. The summed E-state index contributed by atoms with van der Waals surface area (Å²) in [5.41, 5.74) is -0.717. The highest BCUT2D eigenvalue weighted by Crippen LogP contribution is 2.28. The third-order valence-corrected chi connectivity index (χ3v) is 2.32. The van der Waals surface area contributed by atoms with Crippen LogP contribution in [0.1, 0.15) is 33.1 Å². The first-order chi connectivity index (χ1) is 6.25. The van der Waals surface area contributed by atoms with E-state index in [4.69, 9.17) is 9.47 Å². The molecule has 74 valence electrons. The van der Waals surface area contributed by atoms with Crippen molar-refractivity contribution in [2.24, 2.45) is 0 Å². The molecule has 0 radical (unpaired) electrons. The molecule has 0 aliphatic carbocycles. The molecule has 1 aliphatic rings. The highest BCUT2D eigenvalue weighted by Gasteiger charge is 2.40. The van der Waals surface area contributed by atoms with Gasteiger partial charge in [-0.25, -0.2) is 4.79 Å². The molecule has 0 aromatic rings. The maximum atomic E-state index is 11.6. The van der Waals surface area contributed by atoms with E-state index in [0.29, 0.717) is 13.0 Å². The average Bonchev–Trinajstić information content (AvgIpc) is 2.19. The fourth-order valence-corrected chi connectivity index (χ4v) is 1.44. The van der Waals surface area contributed by atoms with Crippen molar-refractivity contribution in [2.75, 3.05) is 6.61 Å². The first kappa shape index (κ1) is 10.1. The second-order valence-electron chi connectivity index (χ2n) is 3.10. The van der Waals surface area contributed by atoms with Gasteiger partial charge in [-0.05, 0) is 25.8 Å². The zero-order chi connectivity index (χ0) is 9.73. The van der Waals surface area contributed by atoms with E-state index in [1.165, 1.54) is 0 Å². The van der Waals surface area contributed by atoms with E-state index in [2.05, 4.69) is 0 Å².